The van der Waals surface area contributed by atoms with Crippen molar-refractivity contribution in [3.8, 4) is 11.5 Å². The van der Waals surface area contributed by atoms with Crippen molar-refractivity contribution in [2.45, 2.75) is 0 Å². The van der Waals surface area contributed by atoms with Crippen LogP contribution in [-0.2, 0) is 0 Å². The van der Waals surface area contributed by atoms with Crippen molar-refractivity contribution in [1.82, 2.24) is 4.90 Å². The van der Waals surface area contributed by atoms with Crippen molar-refractivity contribution in [1.29, 1.82) is 0 Å². The molecular formula is C12H15N3O4. The molecule has 0 amide bonds. The molecular weight excluding hydrogens is 250 g/mol. The van der Waals surface area contributed by atoms with Crippen LogP contribution >= 0.6 is 0 Å². The number of aliphatic imine (C=N–C) groups is 1. The van der Waals surface area contributed by atoms with Crippen molar-refractivity contribution in [2.75, 3.05) is 34.4 Å². The monoisotopic (exact) mass is 265 g/mol. The Bertz CT molecular complexity index is 542. The molecule has 1 aromatic carbocycles. The van der Waals surface area contributed by atoms with Gasteiger partial charge in [-0.1, -0.05) is 0 Å². The summed E-state index contributed by atoms with van der Waals surface area (Å²) in [6.07, 6.45) is 0. The molecule has 7 nitrogen and oxygen atoms in total. The minimum Gasteiger partial charge on any atom is -0.493 e. The van der Waals surface area contributed by atoms with Gasteiger partial charge in [-0.15, -0.1) is 0 Å². The number of rotatable bonds is 4. The summed E-state index contributed by atoms with van der Waals surface area (Å²) in [6.45, 7) is 1.49. The Kier molecular flexibility index (Phi) is 3.55. The Hall–Kier alpha value is -2.31. The lowest BCUT2D eigenvalue weighted by molar-refractivity contribution is -0.385. The highest BCUT2D eigenvalue weighted by Gasteiger charge is 2.25. The summed E-state index contributed by atoms with van der Waals surface area (Å²) in [5, 5.41) is 11.1. The second kappa shape index (κ2) is 5.13. The van der Waals surface area contributed by atoms with Crippen LogP contribution in [0.5, 0.6) is 11.5 Å². The minimum atomic E-state index is -0.486. The highest BCUT2D eigenvalue weighted by atomic mass is 16.6. The third-order valence-electron chi connectivity index (χ3n) is 2.97. The molecule has 2 rings (SSSR count). The van der Waals surface area contributed by atoms with Gasteiger partial charge in [-0.3, -0.25) is 15.1 Å². The quantitative estimate of drug-likeness (QED) is 0.605. The fourth-order valence-corrected chi connectivity index (χ4v) is 2.05. The zero-order valence-electron chi connectivity index (χ0n) is 11.0. The van der Waals surface area contributed by atoms with Gasteiger partial charge in [-0.25, -0.2) is 0 Å². The van der Waals surface area contributed by atoms with Crippen molar-refractivity contribution in [2.24, 2.45) is 4.99 Å². The average Bonchev–Trinajstić information content (AvgIpc) is 2.83. The third-order valence-corrected chi connectivity index (χ3v) is 2.97. The Morgan fingerprint density at radius 3 is 2.58 bits per heavy atom. The second-order valence-electron chi connectivity index (χ2n) is 4.11. The number of nitro groups is 1. The molecule has 1 aromatic rings. The number of amidine groups is 1. The van der Waals surface area contributed by atoms with E-state index in [4.69, 9.17) is 9.47 Å². The van der Waals surface area contributed by atoms with Gasteiger partial charge in [0.1, 0.15) is 5.84 Å². The van der Waals surface area contributed by atoms with E-state index in [9.17, 15) is 10.1 Å². The lowest BCUT2D eigenvalue weighted by Crippen LogP contribution is -2.23. The van der Waals surface area contributed by atoms with E-state index in [0.29, 0.717) is 17.9 Å². The minimum absolute atomic E-state index is 0.123. The maximum absolute atomic E-state index is 11.1. The molecule has 0 unspecified atom stereocenters. The topological polar surface area (TPSA) is 77.2 Å². The molecule has 1 aliphatic rings. The third kappa shape index (κ3) is 2.31. The molecule has 102 valence electrons. The molecule has 0 N–H and O–H groups in total. The highest BCUT2D eigenvalue weighted by molar-refractivity contribution is 6.01. The van der Waals surface area contributed by atoms with E-state index in [1.165, 1.54) is 20.3 Å². The van der Waals surface area contributed by atoms with Gasteiger partial charge in [0.2, 0.25) is 5.75 Å². The molecule has 0 radical (unpaired) electrons. The summed E-state index contributed by atoms with van der Waals surface area (Å²) in [5.41, 5.74) is 0.532. The van der Waals surface area contributed by atoms with Gasteiger partial charge in [0.15, 0.2) is 5.75 Å². The van der Waals surface area contributed by atoms with Crippen LogP contribution in [0.3, 0.4) is 0 Å². The lowest BCUT2D eigenvalue weighted by atomic mass is 10.1. The number of ether oxygens (including phenoxy) is 2. The van der Waals surface area contributed by atoms with Crippen LogP contribution in [0.1, 0.15) is 5.56 Å². The Morgan fingerprint density at radius 2 is 2.11 bits per heavy atom. The maximum Gasteiger partial charge on any atom is 0.315 e. The average molecular weight is 265 g/mol. The van der Waals surface area contributed by atoms with Crippen molar-refractivity contribution in [3.63, 3.8) is 0 Å². The number of benzene rings is 1. The van der Waals surface area contributed by atoms with Crippen LogP contribution < -0.4 is 9.47 Å². The van der Waals surface area contributed by atoms with Gasteiger partial charge in [0.05, 0.1) is 25.7 Å². The Morgan fingerprint density at radius 1 is 1.37 bits per heavy atom. The van der Waals surface area contributed by atoms with Gasteiger partial charge >= 0.3 is 5.69 Å². The SMILES string of the molecule is COc1cc(C2=NCCN2C)cc([N+](=O)[O-])c1OC. The Labute approximate surface area is 110 Å². The first-order valence-corrected chi connectivity index (χ1v) is 5.75. The summed E-state index contributed by atoms with van der Waals surface area (Å²) in [4.78, 5) is 16.9. The first-order chi connectivity index (χ1) is 9.08. The predicted octanol–water partition coefficient (Wildman–Crippen LogP) is 1.30. The van der Waals surface area contributed by atoms with Crippen LogP contribution in [0.25, 0.3) is 0 Å². The fourth-order valence-electron chi connectivity index (χ4n) is 2.05. The zero-order chi connectivity index (χ0) is 14.0. The zero-order valence-corrected chi connectivity index (χ0v) is 11.0. The summed E-state index contributed by atoms with van der Waals surface area (Å²) < 4.78 is 10.2. The van der Waals surface area contributed by atoms with Crippen molar-refractivity contribution >= 4 is 11.5 Å². The lowest BCUT2D eigenvalue weighted by Gasteiger charge is -2.15. The molecule has 0 aliphatic carbocycles. The predicted molar refractivity (Wildman–Crippen MR) is 70.2 cm³/mol. The van der Waals surface area contributed by atoms with Gasteiger partial charge in [-0.2, -0.15) is 0 Å². The molecule has 0 spiro atoms. The number of hydrogen-bond acceptors (Lipinski definition) is 6. The van der Waals surface area contributed by atoms with E-state index in [1.54, 1.807) is 6.07 Å². The largest absolute Gasteiger partial charge is 0.493 e. The van der Waals surface area contributed by atoms with Crippen LogP contribution in [0, 0.1) is 10.1 Å². The van der Waals surface area contributed by atoms with Crippen LogP contribution in [0.4, 0.5) is 5.69 Å². The standard InChI is InChI=1S/C12H15N3O4/c1-14-5-4-13-12(14)8-6-9(15(16)17)11(19-3)10(7-8)18-2/h6-7H,4-5H2,1-3H3. The number of methoxy groups -OCH3 is 2. The van der Waals surface area contributed by atoms with Crippen LogP contribution in [-0.4, -0.2) is 50.0 Å². The smallest absolute Gasteiger partial charge is 0.315 e. The van der Waals surface area contributed by atoms with E-state index in [0.717, 1.165) is 12.4 Å². The van der Waals surface area contributed by atoms with Crippen LogP contribution in [0.2, 0.25) is 0 Å². The fraction of sp³-hybridized carbons (Fsp3) is 0.417. The Balaban J connectivity index is 2.58. The molecule has 1 aliphatic heterocycles. The molecule has 0 atom stereocenters. The summed E-state index contributed by atoms with van der Waals surface area (Å²) in [7, 11) is 4.73. The summed E-state index contributed by atoms with van der Waals surface area (Å²) >= 11 is 0. The highest BCUT2D eigenvalue weighted by Crippen LogP contribution is 2.38. The molecule has 19 heavy (non-hydrogen) atoms. The van der Waals surface area contributed by atoms with Crippen molar-refractivity contribution < 1.29 is 14.4 Å². The second-order valence-corrected chi connectivity index (χ2v) is 4.11. The molecule has 0 fully saturated rings. The number of nitrogens with zero attached hydrogens (tertiary/aromatic N) is 3. The number of hydrogen-bond donors (Lipinski definition) is 0. The molecule has 0 aromatic heterocycles. The first-order valence-electron chi connectivity index (χ1n) is 5.75. The molecule has 7 heteroatoms. The van der Waals surface area contributed by atoms with E-state index in [2.05, 4.69) is 4.99 Å². The molecule has 0 bridgehead atoms. The normalized spacial score (nSPS) is 14.3. The van der Waals surface area contributed by atoms with E-state index in [-0.39, 0.29) is 11.4 Å². The molecule has 1 heterocycles. The first kappa shape index (κ1) is 13.1. The van der Waals surface area contributed by atoms with Gasteiger partial charge in [-0.05, 0) is 6.07 Å². The van der Waals surface area contributed by atoms with Gasteiger partial charge in [0.25, 0.3) is 0 Å². The van der Waals surface area contributed by atoms with Crippen molar-refractivity contribution in [3.05, 3.63) is 27.8 Å². The van der Waals surface area contributed by atoms with E-state index in [1.807, 2.05) is 11.9 Å². The maximum atomic E-state index is 11.1. The number of likely N-dealkylation sites (N-methyl/N-ethyl adjacent to an activating group) is 1. The molecule has 0 saturated heterocycles. The summed E-state index contributed by atoms with van der Waals surface area (Å²) in [6, 6.07) is 3.16. The molecule has 0 saturated carbocycles. The number of nitro benzene ring substituents is 1. The van der Waals surface area contributed by atoms with E-state index < -0.39 is 4.92 Å². The van der Waals surface area contributed by atoms with Gasteiger partial charge < -0.3 is 14.4 Å². The van der Waals surface area contributed by atoms with E-state index >= 15 is 0 Å². The van der Waals surface area contributed by atoms with Crippen LogP contribution in [0.15, 0.2) is 17.1 Å². The summed E-state index contributed by atoms with van der Waals surface area (Å²) in [5.74, 6) is 1.18. The van der Waals surface area contributed by atoms with Gasteiger partial charge in [0, 0.05) is 25.2 Å².